The third kappa shape index (κ3) is 2.54. The first-order valence-electron chi connectivity index (χ1n) is 3.91. The van der Waals surface area contributed by atoms with Crippen molar-refractivity contribution in [3.8, 4) is 0 Å². The summed E-state index contributed by atoms with van der Waals surface area (Å²) in [5, 5.41) is 0. The summed E-state index contributed by atoms with van der Waals surface area (Å²) in [6.07, 6.45) is 3.25. The molecule has 0 aliphatic rings. The highest BCUT2D eigenvalue weighted by Crippen LogP contribution is 2.22. The van der Waals surface area contributed by atoms with E-state index in [9.17, 15) is 0 Å². The molecule has 0 saturated heterocycles. The van der Waals surface area contributed by atoms with Crippen LogP contribution in [0.25, 0.3) is 0 Å². The van der Waals surface area contributed by atoms with Gasteiger partial charge in [-0.25, -0.2) is 9.97 Å². The molecule has 1 aromatic heterocycles. The van der Waals surface area contributed by atoms with Gasteiger partial charge in [0.1, 0.15) is 12.1 Å². The van der Waals surface area contributed by atoms with E-state index in [4.69, 9.17) is 11.6 Å². The van der Waals surface area contributed by atoms with Gasteiger partial charge in [0.15, 0.2) is 0 Å². The van der Waals surface area contributed by atoms with E-state index in [0.717, 1.165) is 10.3 Å². The number of alkyl halides is 1. The van der Waals surface area contributed by atoms with Gasteiger partial charge in [-0.2, -0.15) is 0 Å². The summed E-state index contributed by atoms with van der Waals surface area (Å²) in [6, 6.07) is 0.257. The zero-order valence-corrected chi connectivity index (χ0v) is 9.88. The molecule has 0 N–H and O–H groups in total. The van der Waals surface area contributed by atoms with Gasteiger partial charge in [0, 0.05) is 25.2 Å². The van der Waals surface area contributed by atoms with Gasteiger partial charge in [0.05, 0.1) is 4.47 Å². The molecule has 1 atom stereocenters. The van der Waals surface area contributed by atoms with Crippen LogP contribution in [0.5, 0.6) is 0 Å². The minimum Gasteiger partial charge on any atom is -0.355 e. The number of halogens is 2. The molecule has 13 heavy (non-hydrogen) atoms. The van der Waals surface area contributed by atoms with Crippen LogP contribution in [-0.4, -0.2) is 28.9 Å². The van der Waals surface area contributed by atoms with Crippen LogP contribution in [0.15, 0.2) is 17.0 Å². The fourth-order valence-corrected chi connectivity index (χ4v) is 1.59. The van der Waals surface area contributed by atoms with Crippen molar-refractivity contribution in [2.24, 2.45) is 0 Å². The molecule has 1 unspecified atom stereocenters. The molecule has 0 radical (unpaired) electrons. The smallest absolute Gasteiger partial charge is 0.146 e. The monoisotopic (exact) mass is 263 g/mol. The van der Waals surface area contributed by atoms with Crippen molar-refractivity contribution in [2.75, 3.05) is 17.8 Å². The molecule has 0 aliphatic heterocycles. The maximum Gasteiger partial charge on any atom is 0.146 e. The highest BCUT2D eigenvalue weighted by atomic mass is 79.9. The van der Waals surface area contributed by atoms with E-state index in [-0.39, 0.29) is 6.04 Å². The summed E-state index contributed by atoms with van der Waals surface area (Å²) >= 11 is 9.13. The Morgan fingerprint density at radius 2 is 2.38 bits per heavy atom. The minimum atomic E-state index is 0.257. The van der Waals surface area contributed by atoms with Crippen LogP contribution in [0.4, 0.5) is 5.82 Å². The SMILES string of the molecule is CC(CCl)N(C)c1ncncc1Br. The maximum absolute atomic E-state index is 5.75. The van der Waals surface area contributed by atoms with E-state index in [0.29, 0.717) is 5.88 Å². The fourth-order valence-electron chi connectivity index (χ4n) is 0.878. The Labute approximate surface area is 91.3 Å². The first kappa shape index (κ1) is 10.7. The molecule has 0 fully saturated rings. The van der Waals surface area contributed by atoms with E-state index < -0.39 is 0 Å². The van der Waals surface area contributed by atoms with Crippen molar-refractivity contribution < 1.29 is 0 Å². The van der Waals surface area contributed by atoms with E-state index in [1.54, 1.807) is 6.20 Å². The topological polar surface area (TPSA) is 29.0 Å². The number of aromatic nitrogens is 2. The second-order valence-electron chi connectivity index (χ2n) is 2.81. The predicted molar refractivity (Wildman–Crippen MR) is 58.3 cm³/mol. The molecule has 0 spiro atoms. The van der Waals surface area contributed by atoms with Crippen LogP contribution in [0.2, 0.25) is 0 Å². The molecule has 1 aromatic rings. The number of anilines is 1. The summed E-state index contributed by atoms with van der Waals surface area (Å²) in [5.74, 6) is 1.44. The van der Waals surface area contributed by atoms with E-state index in [1.807, 2.05) is 18.9 Å². The lowest BCUT2D eigenvalue weighted by atomic mass is 10.3. The van der Waals surface area contributed by atoms with Crippen molar-refractivity contribution in [3.63, 3.8) is 0 Å². The molecule has 3 nitrogen and oxygen atoms in total. The van der Waals surface area contributed by atoms with Crippen molar-refractivity contribution >= 4 is 33.3 Å². The Hall–Kier alpha value is -0.350. The molecule has 0 bridgehead atoms. The number of hydrogen-bond acceptors (Lipinski definition) is 3. The van der Waals surface area contributed by atoms with Gasteiger partial charge < -0.3 is 4.90 Å². The second kappa shape index (κ2) is 4.77. The third-order valence-electron chi connectivity index (χ3n) is 1.87. The van der Waals surface area contributed by atoms with Crippen molar-refractivity contribution in [1.29, 1.82) is 0 Å². The molecule has 1 rings (SSSR count). The average molecular weight is 265 g/mol. The summed E-state index contributed by atoms with van der Waals surface area (Å²) in [7, 11) is 1.96. The lowest BCUT2D eigenvalue weighted by Crippen LogP contribution is -2.31. The summed E-state index contributed by atoms with van der Waals surface area (Å²) < 4.78 is 0.884. The summed E-state index contributed by atoms with van der Waals surface area (Å²) in [5.41, 5.74) is 0. The Kier molecular flexibility index (Phi) is 3.93. The van der Waals surface area contributed by atoms with Crippen LogP contribution in [-0.2, 0) is 0 Å². The number of hydrogen-bond donors (Lipinski definition) is 0. The van der Waals surface area contributed by atoms with E-state index in [1.165, 1.54) is 6.33 Å². The Balaban J connectivity index is 2.88. The van der Waals surface area contributed by atoms with Crippen LogP contribution < -0.4 is 4.90 Å². The van der Waals surface area contributed by atoms with Gasteiger partial charge in [0.25, 0.3) is 0 Å². The van der Waals surface area contributed by atoms with Crippen LogP contribution in [0.1, 0.15) is 6.92 Å². The zero-order chi connectivity index (χ0) is 9.84. The Bertz CT molecular complexity index is 282. The highest BCUT2D eigenvalue weighted by molar-refractivity contribution is 9.10. The molecular weight excluding hydrogens is 253 g/mol. The van der Waals surface area contributed by atoms with Gasteiger partial charge >= 0.3 is 0 Å². The molecule has 5 heteroatoms. The second-order valence-corrected chi connectivity index (χ2v) is 3.97. The standard InChI is InChI=1S/C8H11BrClN3/c1-6(3-10)13(2)8-7(9)4-11-5-12-8/h4-6H,3H2,1-2H3. The lowest BCUT2D eigenvalue weighted by molar-refractivity contribution is 0.745. The third-order valence-corrected chi connectivity index (χ3v) is 2.87. The maximum atomic E-state index is 5.75. The highest BCUT2D eigenvalue weighted by Gasteiger charge is 2.12. The molecule has 0 amide bonds. The predicted octanol–water partition coefficient (Wildman–Crippen LogP) is 2.30. The molecule has 0 saturated carbocycles. The normalized spacial score (nSPS) is 12.6. The van der Waals surface area contributed by atoms with E-state index in [2.05, 4.69) is 25.9 Å². The van der Waals surface area contributed by atoms with E-state index >= 15 is 0 Å². The molecule has 72 valence electrons. The van der Waals surface area contributed by atoms with Gasteiger partial charge in [-0.15, -0.1) is 11.6 Å². The summed E-state index contributed by atoms with van der Waals surface area (Å²) in [6.45, 7) is 2.04. The van der Waals surface area contributed by atoms with Crippen molar-refractivity contribution in [3.05, 3.63) is 17.0 Å². The Morgan fingerprint density at radius 3 is 2.92 bits per heavy atom. The molecule has 1 heterocycles. The van der Waals surface area contributed by atoms with Gasteiger partial charge in [0.2, 0.25) is 0 Å². The average Bonchev–Trinajstić information content (AvgIpc) is 2.16. The largest absolute Gasteiger partial charge is 0.355 e. The summed E-state index contributed by atoms with van der Waals surface area (Å²) in [4.78, 5) is 10.1. The molecular formula is C8H11BrClN3. The quantitative estimate of drug-likeness (QED) is 0.785. The number of rotatable bonds is 3. The minimum absolute atomic E-state index is 0.257. The van der Waals surface area contributed by atoms with Crippen molar-refractivity contribution in [2.45, 2.75) is 13.0 Å². The fraction of sp³-hybridized carbons (Fsp3) is 0.500. The van der Waals surface area contributed by atoms with Crippen LogP contribution >= 0.6 is 27.5 Å². The first-order valence-corrected chi connectivity index (χ1v) is 5.24. The van der Waals surface area contributed by atoms with Gasteiger partial charge in [-0.05, 0) is 22.9 Å². The lowest BCUT2D eigenvalue weighted by Gasteiger charge is -2.24. The van der Waals surface area contributed by atoms with Crippen LogP contribution in [0.3, 0.4) is 0 Å². The zero-order valence-electron chi connectivity index (χ0n) is 7.54. The van der Waals surface area contributed by atoms with Gasteiger partial charge in [-0.3, -0.25) is 0 Å². The van der Waals surface area contributed by atoms with Crippen LogP contribution in [0, 0.1) is 0 Å². The Morgan fingerprint density at radius 1 is 1.69 bits per heavy atom. The number of nitrogens with zero attached hydrogens (tertiary/aromatic N) is 3. The molecule has 0 aromatic carbocycles. The molecule has 0 aliphatic carbocycles. The van der Waals surface area contributed by atoms with Crippen molar-refractivity contribution in [1.82, 2.24) is 9.97 Å². The first-order chi connectivity index (χ1) is 6.16. The van der Waals surface area contributed by atoms with Gasteiger partial charge in [-0.1, -0.05) is 0 Å².